The number of nitrogens with zero attached hydrogens (tertiary/aromatic N) is 2. The van der Waals surface area contributed by atoms with E-state index in [-0.39, 0.29) is 24.3 Å². The number of benzene rings is 2. The molecule has 1 spiro atoms. The van der Waals surface area contributed by atoms with Crippen LogP contribution in [0.4, 0.5) is 10.1 Å². The maximum absolute atomic E-state index is 14.0. The van der Waals surface area contributed by atoms with Crippen molar-refractivity contribution in [3.05, 3.63) is 59.9 Å². The van der Waals surface area contributed by atoms with Gasteiger partial charge in [0.1, 0.15) is 11.6 Å². The van der Waals surface area contributed by atoms with Gasteiger partial charge in [0.15, 0.2) is 0 Å². The van der Waals surface area contributed by atoms with Gasteiger partial charge in [-0.2, -0.15) is 0 Å². The molecule has 0 aromatic heterocycles. The average Bonchev–Trinajstić information content (AvgIpc) is 3.17. The number of imide groups is 1. The summed E-state index contributed by atoms with van der Waals surface area (Å²) in [7, 11) is 1.53. The molecule has 2 heterocycles. The van der Waals surface area contributed by atoms with Crippen LogP contribution in [0.2, 0.25) is 0 Å². The largest absolute Gasteiger partial charge is 0.497 e. The van der Waals surface area contributed by atoms with Crippen LogP contribution >= 0.6 is 0 Å². The van der Waals surface area contributed by atoms with Gasteiger partial charge in [-0.1, -0.05) is 23.4 Å². The third-order valence-corrected chi connectivity index (χ3v) is 4.58. The van der Waals surface area contributed by atoms with Crippen LogP contribution in [0.15, 0.2) is 53.7 Å². The summed E-state index contributed by atoms with van der Waals surface area (Å²) in [5, 5.41) is 3.90. The highest BCUT2D eigenvalue weighted by molar-refractivity contribution is 6.25. The van der Waals surface area contributed by atoms with E-state index < -0.39 is 17.3 Å². The lowest BCUT2D eigenvalue weighted by atomic mass is 9.92. The number of halogens is 1. The van der Waals surface area contributed by atoms with Gasteiger partial charge >= 0.3 is 0 Å². The molecule has 0 bridgehead atoms. The molecule has 1 atom stereocenters. The van der Waals surface area contributed by atoms with Crippen molar-refractivity contribution in [2.45, 2.75) is 18.4 Å². The van der Waals surface area contributed by atoms with Crippen LogP contribution in [-0.4, -0.2) is 30.2 Å². The molecule has 0 aliphatic carbocycles. The molecule has 2 aromatic carbocycles. The van der Waals surface area contributed by atoms with Gasteiger partial charge < -0.3 is 9.57 Å². The van der Waals surface area contributed by atoms with E-state index in [1.54, 1.807) is 42.5 Å². The number of anilines is 1. The lowest BCUT2D eigenvalue weighted by Crippen LogP contribution is -2.40. The van der Waals surface area contributed by atoms with Crippen LogP contribution in [0.1, 0.15) is 18.4 Å². The van der Waals surface area contributed by atoms with E-state index in [2.05, 4.69) is 5.16 Å². The third kappa shape index (κ3) is 2.44. The number of oxime groups is 1. The summed E-state index contributed by atoms with van der Waals surface area (Å²) >= 11 is 0. The summed E-state index contributed by atoms with van der Waals surface area (Å²) < 4.78 is 19.1. The number of hydrogen-bond acceptors (Lipinski definition) is 5. The molecule has 6 nitrogen and oxygen atoms in total. The number of hydrogen-bond donors (Lipinski definition) is 0. The first kappa shape index (κ1) is 16.3. The van der Waals surface area contributed by atoms with E-state index in [9.17, 15) is 14.0 Å². The summed E-state index contributed by atoms with van der Waals surface area (Å²) in [4.78, 5) is 31.9. The molecule has 2 aliphatic heterocycles. The SMILES string of the molecule is COc1ccc(N2C(=O)C[C@@]3(CC(c4ccccc4F)=NO3)C2=O)cc1. The number of carbonyl (C=O) groups excluding carboxylic acids is 2. The Kier molecular flexibility index (Phi) is 3.72. The summed E-state index contributed by atoms with van der Waals surface area (Å²) in [5.74, 6) is -0.714. The molecule has 7 heteroatoms. The minimum atomic E-state index is -1.41. The second-order valence-electron chi connectivity index (χ2n) is 6.19. The highest BCUT2D eigenvalue weighted by atomic mass is 19.1. The van der Waals surface area contributed by atoms with Crippen molar-refractivity contribution in [2.75, 3.05) is 12.0 Å². The van der Waals surface area contributed by atoms with E-state index in [1.807, 2.05) is 0 Å². The predicted molar refractivity (Wildman–Crippen MR) is 91.5 cm³/mol. The highest BCUT2D eigenvalue weighted by Crippen LogP contribution is 2.39. The second-order valence-corrected chi connectivity index (χ2v) is 6.19. The van der Waals surface area contributed by atoms with E-state index in [0.717, 1.165) is 4.90 Å². The van der Waals surface area contributed by atoms with Gasteiger partial charge in [0.25, 0.3) is 5.91 Å². The minimum absolute atomic E-state index is 0.0468. The molecule has 1 saturated heterocycles. The molecule has 0 unspecified atom stereocenters. The molecule has 0 radical (unpaired) electrons. The molecule has 2 aliphatic rings. The van der Waals surface area contributed by atoms with Gasteiger partial charge in [-0.05, 0) is 30.3 Å². The number of ether oxygens (including phenoxy) is 1. The van der Waals surface area contributed by atoms with E-state index in [1.165, 1.54) is 13.2 Å². The fourth-order valence-electron chi connectivity index (χ4n) is 3.24. The molecule has 0 N–H and O–H groups in total. The topological polar surface area (TPSA) is 68.2 Å². The molecule has 0 saturated carbocycles. The monoisotopic (exact) mass is 354 g/mol. The van der Waals surface area contributed by atoms with Crippen LogP contribution in [0.3, 0.4) is 0 Å². The lowest BCUT2D eigenvalue weighted by molar-refractivity contribution is -0.136. The van der Waals surface area contributed by atoms with Crippen molar-refractivity contribution in [1.29, 1.82) is 0 Å². The molecule has 4 rings (SSSR count). The van der Waals surface area contributed by atoms with Crippen molar-refractivity contribution in [1.82, 2.24) is 0 Å². The van der Waals surface area contributed by atoms with Gasteiger partial charge in [0.05, 0.1) is 24.9 Å². The Balaban J connectivity index is 1.61. The average molecular weight is 354 g/mol. The zero-order valence-corrected chi connectivity index (χ0v) is 13.9. The quantitative estimate of drug-likeness (QED) is 0.795. The van der Waals surface area contributed by atoms with Gasteiger partial charge in [-0.15, -0.1) is 0 Å². The first-order valence-corrected chi connectivity index (χ1v) is 8.05. The zero-order chi connectivity index (χ0) is 18.3. The Bertz CT molecular complexity index is 925. The van der Waals surface area contributed by atoms with Crippen LogP contribution in [-0.2, 0) is 14.4 Å². The number of rotatable bonds is 3. The van der Waals surface area contributed by atoms with E-state index >= 15 is 0 Å². The van der Waals surface area contributed by atoms with Crippen LogP contribution in [0, 0.1) is 5.82 Å². The van der Waals surface area contributed by atoms with Crippen molar-refractivity contribution in [3.8, 4) is 5.75 Å². The molecule has 132 valence electrons. The third-order valence-electron chi connectivity index (χ3n) is 4.58. The summed E-state index contributed by atoms with van der Waals surface area (Å²) in [5.41, 5.74) is -0.386. The molecule has 1 fully saturated rings. The normalized spacial score (nSPS) is 21.9. The minimum Gasteiger partial charge on any atom is -0.497 e. The maximum Gasteiger partial charge on any atom is 0.281 e. The Morgan fingerprint density at radius 3 is 2.54 bits per heavy atom. The lowest BCUT2D eigenvalue weighted by Gasteiger charge is -2.19. The smallest absolute Gasteiger partial charge is 0.281 e. The summed E-state index contributed by atoms with van der Waals surface area (Å²) in [6.45, 7) is 0. The van der Waals surface area contributed by atoms with Crippen molar-refractivity contribution < 1.29 is 23.6 Å². The van der Waals surface area contributed by atoms with Gasteiger partial charge in [-0.25, -0.2) is 9.29 Å². The predicted octanol–water partition coefficient (Wildman–Crippen LogP) is 2.66. The van der Waals surface area contributed by atoms with Gasteiger partial charge in [0.2, 0.25) is 11.5 Å². The van der Waals surface area contributed by atoms with Crippen molar-refractivity contribution >= 4 is 23.2 Å². The van der Waals surface area contributed by atoms with Crippen molar-refractivity contribution in [2.24, 2.45) is 5.16 Å². The molecular weight excluding hydrogens is 339 g/mol. The summed E-state index contributed by atoms with van der Waals surface area (Å²) in [6, 6.07) is 12.7. The number of amides is 2. The van der Waals surface area contributed by atoms with Crippen LogP contribution in [0.5, 0.6) is 5.75 Å². The maximum atomic E-state index is 14.0. The Hall–Kier alpha value is -3.22. The van der Waals surface area contributed by atoms with Gasteiger partial charge in [-0.3, -0.25) is 9.59 Å². The standard InChI is InChI=1S/C19H15FN2O4/c1-25-13-8-6-12(7-9-13)22-17(23)11-19(18(22)24)10-16(21-26-19)14-4-2-3-5-15(14)20/h2-9H,10-11H2,1H3/t19-/m0/s1. The Labute approximate surface area is 148 Å². The first-order chi connectivity index (χ1) is 12.5. The number of methoxy groups -OCH3 is 1. The highest BCUT2D eigenvalue weighted by Gasteiger charge is 2.58. The molecular formula is C19H15FN2O4. The Morgan fingerprint density at radius 1 is 1.12 bits per heavy atom. The summed E-state index contributed by atoms with van der Waals surface area (Å²) in [6.07, 6.45) is -0.0928. The first-order valence-electron chi connectivity index (χ1n) is 8.05. The fourth-order valence-corrected chi connectivity index (χ4v) is 3.24. The van der Waals surface area contributed by atoms with E-state index in [0.29, 0.717) is 17.1 Å². The molecule has 26 heavy (non-hydrogen) atoms. The fraction of sp³-hybridized carbons (Fsp3) is 0.211. The number of carbonyl (C=O) groups is 2. The van der Waals surface area contributed by atoms with Crippen molar-refractivity contribution in [3.63, 3.8) is 0 Å². The molecule has 2 amide bonds. The van der Waals surface area contributed by atoms with Gasteiger partial charge in [0, 0.05) is 12.0 Å². The zero-order valence-electron chi connectivity index (χ0n) is 13.9. The van der Waals surface area contributed by atoms with E-state index in [4.69, 9.17) is 9.57 Å². The second kappa shape index (κ2) is 5.94. The Morgan fingerprint density at radius 2 is 1.85 bits per heavy atom. The van der Waals surface area contributed by atoms with Crippen LogP contribution < -0.4 is 9.64 Å². The van der Waals surface area contributed by atoms with Crippen LogP contribution in [0.25, 0.3) is 0 Å². The molecule has 2 aromatic rings.